The van der Waals surface area contributed by atoms with Gasteiger partial charge < -0.3 is 31.7 Å². The van der Waals surface area contributed by atoms with Gasteiger partial charge in [0, 0.05) is 12.1 Å². The van der Waals surface area contributed by atoms with Crippen molar-refractivity contribution in [3.05, 3.63) is 29.8 Å². The van der Waals surface area contributed by atoms with Gasteiger partial charge in [-0.2, -0.15) is 0 Å². The van der Waals surface area contributed by atoms with Crippen LogP contribution in [-0.2, 0) is 25.6 Å². The van der Waals surface area contributed by atoms with Crippen molar-refractivity contribution < 1.29 is 29.1 Å². The Kier molecular flexibility index (Phi) is 13.1. The van der Waals surface area contributed by atoms with Gasteiger partial charge in [0.2, 0.25) is 17.6 Å². The van der Waals surface area contributed by atoms with Crippen LogP contribution in [0.2, 0.25) is 0 Å². The fourth-order valence-electron chi connectivity index (χ4n) is 7.65. The Morgan fingerprint density at radius 1 is 0.939 bits per heavy atom. The summed E-state index contributed by atoms with van der Waals surface area (Å²) in [5, 5.41) is 18.8. The second kappa shape index (κ2) is 16.9. The van der Waals surface area contributed by atoms with Crippen LogP contribution >= 0.6 is 0 Å². The van der Waals surface area contributed by atoms with Crippen LogP contribution in [0, 0.1) is 17.3 Å². The van der Waals surface area contributed by atoms with E-state index in [-0.39, 0.29) is 17.6 Å². The molecule has 272 valence electrons. The number of nitrogens with one attached hydrogen (secondary N) is 3. The van der Waals surface area contributed by atoms with Crippen LogP contribution in [0.5, 0.6) is 5.75 Å². The molecule has 3 aliphatic carbocycles. The van der Waals surface area contributed by atoms with Gasteiger partial charge in [-0.3, -0.25) is 19.2 Å². The Morgan fingerprint density at radius 2 is 1.61 bits per heavy atom. The zero-order chi connectivity index (χ0) is 35.8. The van der Waals surface area contributed by atoms with Gasteiger partial charge in [-0.15, -0.1) is 0 Å². The van der Waals surface area contributed by atoms with Gasteiger partial charge in [0.1, 0.15) is 17.8 Å². The Morgan fingerprint density at radius 3 is 2.16 bits per heavy atom. The quantitative estimate of drug-likeness (QED) is 0.209. The molecule has 1 aromatic carbocycles. The van der Waals surface area contributed by atoms with E-state index in [2.05, 4.69) is 22.9 Å². The molecule has 5 rings (SSSR count). The second-order valence-corrected chi connectivity index (χ2v) is 16.1. The molecule has 5 amide bonds. The summed E-state index contributed by atoms with van der Waals surface area (Å²) >= 11 is 0. The van der Waals surface area contributed by atoms with E-state index in [1.54, 1.807) is 18.2 Å². The SMILES string of the molecule is CC(C)(C)C(NC(=O)NC1(Cc2cccc(O)c2)CCCCC1)C(=O)N1CCCC1C(=O)NC(CC1CC1)C(=O)C(N)=O.CC1CCCC1. The number of aromatic hydroxyl groups is 1. The third-order valence-electron chi connectivity index (χ3n) is 10.7. The van der Waals surface area contributed by atoms with Crippen LogP contribution in [0.1, 0.15) is 123 Å². The zero-order valence-electron chi connectivity index (χ0n) is 30.0. The fraction of sp³-hybridized carbons (Fsp3) is 0.711. The molecule has 4 aliphatic rings. The number of carbonyl (C=O) groups is 5. The lowest BCUT2D eigenvalue weighted by molar-refractivity contribution is -0.143. The zero-order valence-corrected chi connectivity index (χ0v) is 30.0. The lowest BCUT2D eigenvalue weighted by atomic mass is 9.77. The molecule has 3 atom stereocenters. The predicted molar refractivity (Wildman–Crippen MR) is 188 cm³/mol. The summed E-state index contributed by atoms with van der Waals surface area (Å²) in [6.07, 6.45) is 14.3. The molecular formula is C38H59N5O6. The number of ketones is 1. The van der Waals surface area contributed by atoms with Crippen LogP contribution in [-0.4, -0.2) is 69.8 Å². The van der Waals surface area contributed by atoms with Crippen LogP contribution < -0.4 is 21.7 Å². The second-order valence-electron chi connectivity index (χ2n) is 16.1. The Balaban J connectivity index is 0.000000812. The number of hydrogen-bond donors (Lipinski definition) is 5. The highest BCUT2D eigenvalue weighted by Gasteiger charge is 2.44. The number of amides is 5. The lowest BCUT2D eigenvalue weighted by Gasteiger charge is -2.40. The Hall–Kier alpha value is -3.63. The Labute approximate surface area is 291 Å². The molecule has 1 aliphatic heterocycles. The van der Waals surface area contributed by atoms with Crippen molar-refractivity contribution in [1.82, 2.24) is 20.9 Å². The number of Topliss-reactive ketones (excluding diaryl/α,β-unsaturated/α-hetero) is 1. The van der Waals surface area contributed by atoms with E-state index < -0.39 is 52.7 Å². The number of nitrogens with zero attached hydrogens (tertiary/aromatic N) is 1. The van der Waals surface area contributed by atoms with Gasteiger partial charge in [0.25, 0.3) is 5.91 Å². The van der Waals surface area contributed by atoms with Crippen molar-refractivity contribution >= 4 is 29.5 Å². The van der Waals surface area contributed by atoms with E-state index in [0.29, 0.717) is 32.2 Å². The molecule has 0 aromatic heterocycles. The van der Waals surface area contributed by atoms with Crippen LogP contribution in [0.4, 0.5) is 4.79 Å². The molecule has 1 saturated heterocycles. The lowest BCUT2D eigenvalue weighted by Crippen LogP contribution is -2.62. The molecule has 1 aromatic rings. The van der Waals surface area contributed by atoms with Crippen LogP contribution in [0.25, 0.3) is 0 Å². The maximum atomic E-state index is 14.0. The summed E-state index contributed by atoms with van der Waals surface area (Å²) in [7, 11) is 0. The molecule has 1 heterocycles. The summed E-state index contributed by atoms with van der Waals surface area (Å²) in [6.45, 7) is 8.27. The highest BCUT2D eigenvalue weighted by atomic mass is 16.3. The molecule has 6 N–H and O–H groups in total. The summed E-state index contributed by atoms with van der Waals surface area (Å²) in [6, 6.07) is 3.85. The molecule has 11 nitrogen and oxygen atoms in total. The first kappa shape index (κ1) is 38.2. The van der Waals surface area contributed by atoms with E-state index in [9.17, 15) is 29.1 Å². The monoisotopic (exact) mass is 681 g/mol. The highest BCUT2D eigenvalue weighted by molar-refractivity contribution is 6.37. The van der Waals surface area contributed by atoms with Gasteiger partial charge in [-0.05, 0) is 73.5 Å². The van der Waals surface area contributed by atoms with E-state index in [4.69, 9.17) is 5.73 Å². The average molecular weight is 682 g/mol. The minimum Gasteiger partial charge on any atom is -0.508 e. The molecule has 0 spiro atoms. The van der Waals surface area contributed by atoms with Gasteiger partial charge in [0.15, 0.2) is 0 Å². The number of rotatable bonds is 11. The van der Waals surface area contributed by atoms with Crippen LogP contribution in [0.15, 0.2) is 24.3 Å². The summed E-state index contributed by atoms with van der Waals surface area (Å²) < 4.78 is 0. The molecule has 3 unspecified atom stereocenters. The molecule has 0 bridgehead atoms. The van der Waals surface area contributed by atoms with Crippen molar-refractivity contribution in [3.63, 3.8) is 0 Å². The largest absolute Gasteiger partial charge is 0.508 e. The molecule has 3 saturated carbocycles. The number of likely N-dealkylation sites (tertiary alicyclic amines) is 1. The maximum absolute atomic E-state index is 14.0. The number of primary amides is 1. The third-order valence-corrected chi connectivity index (χ3v) is 10.7. The minimum atomic E-state index is -1.09. The smallest absolute Gasteiger partial charge is 0.315 e. The van der Waals surface area contributed by atoms with Crippen molar-refractivity contribution in [3.8, 4) is 5.75 Å². The van der Waals surface area contributed by atoms with Crippen molar-refractivity contribution in [2.45, 2.75) is 148 Å². The molecule has 4 fully saturated rings. The summed E-state index contributed by atoms with van der Waals surface area (Å²) in [5.41, 5.74) is 4.98. The number of phenolic OH excluding ortho intramolecular Hbond substituents is 1. The molecular weight excluding hydrogens is 622 g/mol. The third kappa shape index (κ3) is 11.2. The Bertz CT molecular complexity index is 1330. The van der Waals surface area contributed by atoms with Crippen molar-refractivity contribution in [2.24, 2.45) is 23.0 Å². The van der Waals surface area contributed by atoms with Gasteiger partial charge in [0.05, 0.1) is 6.04 Å². The summed E-state index contributed by atoms with van der Waals surface area (Å²) in [4.78, 5) is 66.4. The number of urea groups is 1. The van der Waals surface area contributed by atoms with Gasteiger partial charge >= 0.3 is 6.03 Å². The van der Waals surface area contributed by atoms with E-state index in [0.717, 1.165) is 56.4 Å². The van der Waals surface area contributed by atoms with Crippen molar-refractivity contribution in [2.75, 3.05) is 6.54 Å². The van der Waals surface area contributed by atoms with E-state index in [1.807, 2.05) is 26.8 Å². The number of hydrogen-bond acceptors (Lipinski definition) is 6. The number of nitrogens with two attached hydrogens (primary N) is 1. The first-order valence-corrected chi connectivity index (χ1v) is 18.5. The van der Waals surface area contributed by atoms with Gasteiger partial charge in [-0.1, -0.05) is 97.6 Å². The predicted octanol–water partition coefficient (Wildman–Crippen LogP) is 4.88. The first-order chi connectivity index (χ1) is 23.2. The highest BCUT2D eigenvalue weighted by Crippen LogP contribution is 2.35. The average Bonchev–Trinajstić information content (AvgIpc) is 3.48. The molecule has 11 heteroatoms. The van der Waals surface area contributed by atoms with Crippen LogP contribution in [0.3, 0.4) is 0 Å². The maximum Gasteiger partial charge on any atom is 0.315 e. The topological polar surface area (TPSA) is 171 Å². The standard InChI is InChI=1S/C32H47N5O6.C6H12/c1-31(2,3)26(35-30(43)36-32(14-5-4-6-15-32)19-21-9-7-10-22(38)17-21)29(42)37-16-8-11-24(37)28(41)34-23(18-20-12-13-20)25(39)27(33)40;1-6-4-2-3-5-6/h7,9-10,17,20,23-24,26,38H,4-6,8,11-16,18-19H2,1-3H3,(H2,33,40)(H,34,41)(H2,35,36,43);6H,2-5H2,1H3. The fourth-order valence-corrected chi connectivity index (χ4v) is 7.65. The molecule has 0 radical (unpaired) electrons. The number of phenols is 1. The molecule has 49 heavy (non-hydrogen) atoms. The van der Waals surface area contributed by atoms with Crippen molar-refractivity contribution in [1.29, 1.82) is 0 Å². The summed E-state index contributed by atoms with van der Waals surface area (Å²) in [5.74, 6) is -1.29. The van der Waals surface area contributed by atoms with Gasteiger partial charge in [-0.25, -0.2) is 4.79 Å². The number of carbonyl (C=O) groups excluding carboxylic acids is 5. The first-order valence-electron chi connectivity index (χ1n) is 18.5. The minimum absolute atomic E-state index is 0.174. The normalized spacial score (nSPS) is 21.9. The number of benzene rings is 1. The van der Waals surface area contributed by atoms with E-state index >= 15 is 0 Å². The van der Waals surface area contributed by atoms with E-state index in [1.165, 1.54) is 30.6 Å².